The number of nitrogens with zero attached hydrogens (tertiary/aromatic N) is 1. The van der Waals surface area contributed by atoms with Crippen molar-refractivity contribution >= 4 is 6.08 Å². The lowest BCUT2D eigenvalue weighted by atomic mass is 10.1. The van der Waals surface area contributed by atoms with E-state index in [0.29, 0.717) is 13.2 Å². The smallest absolute Gasteiger partial charge is 0.234 e. The van der Waals surface area contributed by atoms with Gasteiger partial charge in [0.15, 0.2) is 11.5 Å². The van der Waals surface area contributed by atoms with Gasteiger partial charge in [-0.05, 0) is 37.8 Å². The maximum absolute atomic E-state index is 9.95. The fourth-order valence-corrected chi connectivity index (χ4v) is 2.04. The molecule has 0 radical (unpaired) electrons. The van der Waals surface area contributed by atoms with Crippen molar-refractivity contribution in [3.8, 4) is 11.5 Å². The van der Waals surface area contributed by atoms with Crippen molar-refractivity contribution in [2.24, 2.45) is 4.99 Å². The van der Waals surface area contributed by atoms with Crippen LogP contribution in [0.25, 0.3) is 0 Å². The molecule has 0 spiro atoms. The number of unbranched alkanes of at least 4 members (excludes halogenated alkanes) is 1. The molecule has 0 aromatic heterocycles. The first-order chi connectivity index (χ1) is 10.3. The average molecular weight is 291 g/mol. The molecule has 1 aromatic rings. The Hall–Kier alpha value is -1.80. The van der Waals surface area contributed by atoms with Crippen molar-refractivity contribution in [3.63, 3.8) is 0 Å². The molecule has 1 aromatic carbocycles. The number of hydrogen-bond acceptors (Lipinski definition) is 4. The summed E-state index contributed by atoms with van der Waals surface area (Å²) in [6, 6.07) is 7.78. The van der Waals surface area contributed by atoms with Crippen LogP contribution >= 0.6 is 0 Å². The molecule has 4 heteroatoms. The Morgan fingerprint density at radius 2 is 1.95 bits per heavy atom. The third kappa shape index (κ3) is 6.96. The second-order valence-electron chi connectivity index (χ2n) is 4.91. The first-order valence-electron chi connectivity index (χ1n) is 7.73. The Morgan fingerprint density at radius 1 is 1.19 bits per heavy atom. The lowest BCUT2D eigenvalue weighted by Gasteiger charge is -2.19. The molecule has 1 atom stereocenters. The third-order valence-electron chi connectivity index (χ3n) is 3.20. The number of benzene rings is 1. The molecule has 0 aliphatic heterocycles. The van der Waals surface area contributed by atoms with Gasteiger partial charge in [-0.15, -0.1) is 0 Å². The standard InChI is InChI=1S/C17H25NO3/c1-3-9-15(4-2)21-17-11-6-5-10-16(17)20-13-8-7-12-18-14-19/h5-6,10-11,15H,3-4,7-9,12-13H2,1-2H3. The highest BCUT2D eigenvalue weighted by molar-refractivity contribution is 5.39. The summed E-state index contributed by atoms with van der Waals surface area (Å²) in [7, 11) is 0. The number of para-hydroxylation sites is 2. The van der Waals surface area contributed by atoms with Gasteiger partial charge in [0.25, 0.3) is 0 Å². The van der Waals surface area contributed by atoms with Crippen LogP contribution in [-0.2, 0) is 4.79 Å². The molecule has 0 N–H and O–H groups in total. The molecule has 1 rings (SSSR count). The van der Waals surface area contributed by atoms with Crippen LogP contribution in [0, 0.1) is 0 Å². The van der Waals surface area contributed by atoms with E-state index in [0.717, 1.165) is 43.6 Å². The monoisotopic (exact) mass is 291 g/mol. The molecule has 0 bridgehead atoms. The predicted molar refractivity (Wildman–Crippen MR) is 83.8 cm³/mol. The Labute approximate surface area is 127 Å². The number of ether oxygens (including phenoxy) is 2. The number of carbonyl (C=O) groups excluding carboxylic acids is 1. The zero-order valence-corrected chi connectivity index (χ0v) is 13.0. The Balaban J connectivity index is 2.48. The van der Waals surface area contributed by atoms with Crippen molar-refractivity contribution in [1.82, 2.24) is 0 Å². The van der Waals surface area contributed by atoms with Crippen molar-refractivity contribution in [1.29, 1.82) is 0 Å². The average Bonchev–Trinajstić information content (AvgIpc) is 2.51. The fourth-order valence-electron chi connectivity index (χ4n) is 2.04. The molecule has 0 aliphatic carbocycles. The molecular formula is C17H25NO3. The molecule has 0 fully saturated rings. The van der Waals surface area contributed by atoms with Gasteiger partial charge in [0.05, 0.1) is 19.3 Å². The topological polar surface area (TPSA) is 47.9 Å². The summed E-state index contributed by atoms with van der Waals surface area (Å²) in [6.07, 6.45) is 6.61. The fraction of sp³-hybridized carbons (Fsp3) is 0.588. The summed E-state index contributed by atoms with van der Waals surface area (Å²) < 4.78 is 11.8. The van der Waals surface area contributed by atoms with Crippen LogP contribution < -0.4 is 9.47 Å². The van der Waals surface area contributed by atoms with Crippen LogP contribution in [0.3, 0.4) is 0 Å². The molecular weight excluding hydrogens is 266 g/mol. The van der Waals surface area contributed by atoms with E-state index in [2.05, 4.69) is 18.8 Å². The maximum atomic E-state index is 9.95. The molecule has 116 valence electrons. The molecule has 0 aliphatic rings. The Kier molecular flexibility index (Phi) is 8.98. The molecule has 0 amide bonds. The summed E-state index contributed by atoms with van der Waals surface area (Å²) in [5.74, 6) is 1.59. The highest BCUT2D eigenvalue weighted by Crippen LogP contribution is 2.28. The third-order valence-corrected chi connectivity index (χ3v) is 3.20. The van der Waals surface area contributed by atoms with Crippen LogP contribution in [0.15, 0.2) is 29.3 Å². The molecule has 1 unspecified atom stereocenters. The predicted octanol–water partition coefficient (Wildman–Crippen LogP) is 4.14. The summed E-state index contributed by atoms with van der Waals surface area (Å²) in [5, 5.41) is 0. The highest BCUT2D eigenvalue weighted by atomic mass is 16.5. The summed E-state index contributed by atoms with van der Waals surface area (Å²) in [4.78, 5) is 13.5. The number of rotatable bonds is 11. The molecule has 0 saturated carbocycles. The van der Waals surface area contributed by atoms with Gasteiger partial charge in [0, 0.05) is 0 Å². The number of isocyanates is 1. The Morgan fingerprint density at radius 3 is 2.62 bits per heavy atom. The van der Waals surface area contributed by atoms with Crippen LogP contribution in [0.1, 0.15) is 46.0 Å². The van der Waals surface area contributed by atoms with Gasteiger partial charge in [-0.1, -0.05) is 32.4 Å². The van der Waals surface area contributed by atoms with Crippen LogP contribution in [-0.4, -0.2) is 25.3 Å². The van der Waals surface area contributed by atoms with E-state index in [1.54, 1.807) is 0 Å². The van der Waals surface area contributed by atoms with Gasteiger partial charge in [0.2, 0.25) is 6.08 Å². The van der Waals surface area contributed by atoms with E-state index in [9.17, 15) is 4.79 Å². The molecule has 4 nitrogen and oxygen atoms in total. The quantitative estimate of drug-likeness (QED) is 0.350. The minimum absolute atomic E-state index is 0.238. The minimum Gasteiger partial charge on any atom is -0.490 e. The lowest BCUT2D eigenvalue weighted by Crippen LogP contribution is -2.15. The zero-order chi connectivity index (χ0) is 15.3. The van der Waals surface area contributed by atoms with Gasteiger partial charge < -0.3 is 9.47 Å². The van der Waals surface area contributed by atoms with Gasteiger partial charge in [-0.2, -0.15) is 0 Å². The van der Waals surface area contributed by atoms with E-state index in [4.69, 9.17) is 9.47 Å². The Bertz CT molecular complexity index is 441. The second-order valence-corrected chi connectivity index (χ2v) is 4.91. The SMILES string of the molecule is CCCC(CC)Oc1ccccc1OCCCCN=C=O. The highest BCUT2D eigenvalue weighted by Gasteiger charge is 2.10. The largest absolute Gasteiger partial charge is 0.490 e. The van der Waals surface area contributed by atoms with Crippen molar-refractivity contribution in [3.05, 3.63) is 24.3 Å². The summed E-state index contributed by atoms with van der Waals surface area (Å²) >= 11 is 0. The maximum Gasteiger partial charge on any atom is 0.234 e. The van der Waals surface area contributed by atoms with Crippen molar-refractivity contribution in [2.45, 2.75) is 52.1 Å². The zero-order valence-electron chi connectivity index (χ0n) is 13.0. The number of aliphatic imine (C=N–C) groups is 1. The van der Waals surface area contributed by atoms with Crippen LogP contribution in [0.5, 0.6) is 11.5 Å². The van der Waals surface area contributed by atoms with E-state index >= 15 is 0 Å². The van der Waals surface area contributed by atoms with E-state index < -0.39 is 0 Å². The minimum atomic E-state index is 0.238. The van der Waals surface area contributed by atoms with Gasteiger partial charge in [-0.25, -0.2) is 9.79 Å². The first kappa shape index (κ1) is 17.3. The van der Waals surface area contributed by atoms with Gasteiger partial charge in [-0.3, -0.25) is 0 Å². The molecule has 0 saturated heterocycles. The van der Waals surface area contributed by atoms with E-state index in [1.807, 2.05) is 24.3 Å². The van der Waals surface area contributed by atoms with E-state index in [-0.39, 0.29) is 6.10 Å². The normalized spacial score (nSPS) is 11.5. The van der Waals surface area contributed by atoms with Gasteiger partial charge >= 0.3 is 0 Å². The molecule has 21 heavy (non-hydrogen) atoms. The first-order valence-corrected chi connectivity index (χ1v) is 7.73. The summed E-state index contributed by atoms with van der Waals surface area (Å²) in [6.45, 7) is 5.41. The molecule has 0 heterocycles. The lowest BCUT2D eigenvalue weighted by molar-refractivity contribution is 0.174. The van der Waals surface area contributed by atoms with Crippen molar-refractivity contribution in [2.75, 3.05) is 13.2 Å². The second kappa shape index (κ2) is 10.9. The van der Waals surface area contributed by atoms with E-state index in [1.165, 1.54) is 6.08 Å². The summed E-state index contributed by atoms with van der Waals surface area (Å²) in [5.41, 5.74) is 0. The van der Waals surface area contributed by atoms with Crippen LogP contribution in [0.4, 0.5) is 0 Å². The van der Waals surface area contributed by atoms with Gasteiger partial charge in [0.1, 0.15) is 0 Å². The number of hydrogen-bond donors (Lipinski definition) is 0. The van der Waals surface area contributed by atoms with Crippen LogP contribution in [0.2, 0.25) is 0 Å². The van der Waals surface area contributed by atoms with Crippen molar-refractivity contribution < 1.29 is 14.3 Å².